The zero-order chi connectivity index (χ0) is 25.3. The van der Waals surface area contributed by atoms with Crippen molar-refractivity contribution in [3.8, 4) is 11.8 Å². The molecule has 1 heterocycles. The number of carbonyl (C=O) groups excluding carboxylic acids is 3. The number of imide groups is 1. The molecular weight excluding hydrogens is 446 g/mol. The van der Waals surface area contributed by atoms with Crippen LogP contribution in [0.2, 0.25) is 0 Å². The van der Waals surface area contributed by atoms with E-state index in [1.165, 1.54) is 0 Å². The number of aromatic nitrogens is 1. The molecule has 34 heavy (non-hydrogen) atoms. The summed E-state index contributed by atoms with van der Waals surface area (Å²) in [5.74, 6) is -2.20. The van der Waals surface area contributed by atoms with Crippen LogP contribution in [0.1, 0.15) is 45.6 Å². The quantitative estimate of drug-likeness (QED) is 0.463. The predicted molar refractivity (Wildman–Crippen MR) is 121 cm³/mol. The van der Waals surface area contributed by atoms with Gasteiger partial charge >= 0.3 is 18.2 Å². The molecule has 1 aromatic heterocycles. The summed E-state index contributed by atoms with van der Waals surface area (Å²) < 4.78 is 11.1. The summed E-state index contributed by atoms with van der Waals surface area (Å²) in [5.41, 5.74) is 5.24. The van der Waals surface area contributed by atoms with E-state index in [1.807, 2.05) is 0 Å². The molecule has 1 atom stereocenters. The lowest BCUT2D eigenvalue weighted by atomic mass is 10.1. The molecule has 2 rings (SSSR count). The van der Waals surface area contributed by atoms with Gasteiger partial charge in [-0.1, -0.05) is 30.3 Å². The second kappa shape index (κ2) is 11.9. The molecule has 0 saturated heterocycles. The van der Waals surface area contributed by atoms with Crippen LogP contribution in [-0.2, 0) is 20.9 Å². The summed E-state index contributed by atoms with van der Waals surface area (Å²) in [6.45, 7) is 5.00. The molecule has 0 radical (unpaired) electrons. The smallest absolute Gasteiger partial charge is 0.420 e. The first-order chi connectivity index (χ1) is 16.0. The molecule has 0 aliphatic heterocycles. The van der Waals surface area contributed by atoms with Crippen LogP contribution < -0.4 is 10.6 Å². The number of aromatic hydroxyl groups is 2. The third kappa shape index (κ3) is 7.69. The van der Waals surface area contributed by atoms with Crippen molar-refractivity contribution >= 4 is 18.2 Å². The van der Waals surface area contributed by atoms with Crippen molar-refractivity contribution in [3.63, 3.8) is 0 Å². The van der Waals surface area contributed by atoms with Crippen LogP contribution in [0.15, 0.2) is 42.5 Å². The molecule has 4 N–H and O–H groups in total. The lowest BCUT2D eigenvalue weighted by Crippen LogP contribution is -2.52. The van der Waals surface area contributed by atoms with Crippen molar-refractivity contribution < 1.29 is 38.9 Å². The van der Waals surface area contributed by atoms with Crippen LogP contribution in [0, 0.1) is 0 Å². The van der Waals surface area contributed by atoms with Crippen LogP contribution in [0.3, 0.4) is 0 Å². The maximum absolute atomic E-state index is 13.0. The SMILES string of the molecule is CC(C)(C)OC(=O)N(C(=O)OCc1ccccc1)[C@@H](CCCCN)C(=O)On1c(O)ccc1O. The highest BCUT2D eigenvalue weighted by molar-refractivity contribution is 5.94. The van der Waals surface area contributed by atoms with Crippen molar-refractivity contribution in [2.24, 2.45) is 5.73 Å². The van der Waals surface area contributed by atoms with Crippen LogP contribution in [0.25, 0.3) is 0 Å². The second-order valence-electron chi connectivity index (χ2n) is 8.45. The van der Waals surface area contributed by atoms with Crippen molar-refractivity contribution in [3.05, 3.63) is 48.0 Å². The van der Waals surface area contributed by atoms with Crippen molar-refractivity contribution in [1.29, 1.82) is 0 Å². The van der Waals surface area contributed by atoms with Gasteiger partial charge < -0.3 is 30.3 Å². The summed E-state index contributed by atoms with van der Waals surface area (Å²) in [6.07, 6.45) is -1.37. The Morgan fingerprint density at radius 3 is 2.18 bits per heavy atom. The average Bonchev–Trinajstić information content (AvgIpc) is 3.08. The average molecular weight is 478 g/mol. The van der Waals surface area contributed by atoms with E-state index < -0.39 is 41.6 Å². The van der Waals surface area contributed by atoms with Gasteiger partial charge in [-0.25, -0.2) is 14.4 Å². The van der Waals surface area contributed by atoms with Crippen molar-refractivity contribution in [1.82, 2.24) is 9.63 Å². The lowest BCUT2D eigenvalue weighted by Gasteiger charge is -2.30. The highest BCUT2D eigenvalue weighted by Gasteiger charge is 2.40. The lowest BCUT2D eigenvalue weighted by molar-refractivity contribution is -0.151. The van der Waals surface area contributed by atoms with Gasteiger partial charge in [0.15, 0.2) is 0 Å². The van der Waals surface area contributed by atoms with Gasteiger partial charge in [0.25, 0.3) is 0 Å². The summed E-state index contributed by atoms with van der Waals surface area (Å²) in [5, 5.41) is 19.6. The van der Waals surface area contributed by atoms with Crippen LogP contribution >= 0.6 is 0 Å². The number of hydrogen-bond acceptors (Lipinski definition) is 9. The number of nitrogens with zero attached hydrogens (tertiary/aromatic N) is 2. The number of nitrogens with two attached hydrogens (primary N) is 1. The molecule has 2 amide bonds. The molecule has 1 aromatic carbocycles. The number of rotatable bonds is 9. The maximum atomic E-state index is 13.0. The van der Waals surface area contributed by atoms with E-state index in [4.69, 9.17) is 20.0 Å². The minimum Gasteiger partial charge on any atom is -0.492 e. The molecule has 0 bridgehead atoms. The fraction of sp³-hybridized carbons (Fsp3) is 0.435. The number of unbranched alkanes of at least 4 members (excludes halogenated alkanes) is 1. The molecule has 0 fully saturated rings. The molecule has 0 aliphatic rings. The Morgan fingerprint density at radius 1 is 1.00 bits per heavy atom. The summed E-state index contributed by atoms with van der Waals surface area (Å²) in [6, 6.07) is 9.51. The summed E-state index contributed by atoms with van der Waals surface area (Å²) >= 11 is 0. The van der Waals surface area contributed by atoms with Gasteiger partial charge in [0.05, 0.1) is 0 Å². The van der Waals surface area contributed by atoms with Gasteiger partial charge in [0.2, 0.25) is 11.8 Å². The number of benzene rings is 1. The monoisotopic (exact) mass is 477 g/mol. The molecule has 11 heteroatoms. The Kier molecular flexibility index (Phi) is 9.31. The Labute approximate surface area is 197 Å². The minimum absolute atomic E-state index is 0.0154. The van der Waals surface area contributed by atoms with E-state index >= 15 is 0 Å². The van der Waals surface area contributed by atoms with Gasteiger partial charge in [-0.3, -0.25) is 0 Å². The molecule has 2 aromatic rings. The zero-order valence-corrected chi connectivity index (χ0v) is 19.5. The van der Waals surface area contributed by atoms with Gasteiger partial charge in [0.1, 0.15) is 18.2 Å². The minimum atomic E-state index is -1.48. The Hall–Kier alpha value is -3.73. The fourth-order valence-electron chi connectivity index (χ4n) is 2.91. The van der Waals surface area contributed by atoms with E-state index in [1.54, 1.807) is 51.1 Å². The normalized spacial score (nSPS) is 12.0. The van der Waals surface area contributed by atoms with E-state index in [0.29, 0.717) is 34.6 Å². The third-order valence-electron chi connectivity index (χ3n) is 4.49. The highest BCUT2D eigenvalue weighted by Crippen LogP contribution is 2.22. The van der Waals surface area contributed by atoms with Gasteiger partial charge in [-0.05, 0) is 52.1 Å². The molecule has 0 aliphatic carbocycles. The Bertz CT molecular complexity index is 949. The van der Waals surface area contributed by atoms with Gasteiger partial charge in [-0.2, -0.15) is 4.90 Å². The maximum Gasteiger partial charge on any atom is 0.420 e. The van der Waals surface area contributed by atoms with Crippen LogP contribution in [-0.4, -0.2) is 56.2 Å². The van der Waals surface area contributed by atoms with Crippen LogP contribution in [0.5, 0.6) is 11.8 Å². The van der Waals surface area contributed by atoms with Crippen LogP contribution in [0.4, 0.5) is 9.59 Å². The molecule has 0 saturated carbocycles. The summed E-state index contributed by atoms with van der Waals surface area (Å²) in [4.78, 5) is 44.7. The van der Waals surface area contributed by atoms with E-state index in [-0.39, 0.29) is 13.0 Å². The second-order valence-corrected chi connectivity index (χ2v) is 8.45. The van der Waals surface area contributed by atoms with Gasteiger partial charge in [0, 0.05) is 12.1 Å². The zero-order valence-electron chi connectivity index (χ0n) is 19.5. The topological polar surface area (TPSA) is 154 Å². The predicted octanol–water partition coefficient (Wildman–Crippen LogP) is 2.93. The number of ether oxygens (including phenoxy) is 2. The van der Waals surface area contributed by atoms with Crippen molar-refractivity contribution in [2.75, 3.05) is 6.54 Å². The molecule has 0 unspecified atom stereocenters. The number of amides is 2. The van der Waals surface area contributed by atoms with E-state index in [2.05, 4.69) is 0 Å². The first-order valence-corrected chi connectivity index (χ1v) is 10.8. The fourth-order valence-corrected chi connectivity index (χ4v) is 2.91. The Balaban J connectivity index is 2.34. The molecular formula is C23H31N3O8. The van der Waals surface area contributed by atoms with Gasteiger partial charge in [-0.15, -0.1) is 4.73 Å². The third-order valence-corrected chi connectivity index (χ3v) is 4.49. The van der Waals surface area contributed by atoms with Crippen molar-refractivity contribution in [2.45, 2.75) is 58.3 Å². The molecule has 186 valence electrons. The first-order valence-electron chi connectivity index (χ1n) is 10.8. The Morgan fingerprint density at radius 2 is 1.62 bits per heavy atom. The standard InChI is InChI=1S/C23H31N3O8/c1-23(2,3)33-22(31)25(21(30)32-15-16-9-5-4-6-10-16)17(11-7-8-14-24)20(29)34-26-18(27)12-13-19(26)28/h4-6,9-10,12-13,17,27-28H,7-8,11,14-15,24H2,1-3H3/t17-/m0/s1. The largest absolute Gasteiger partial charge is 0.492 e. The first kappa shape index (κ1) is 26.5. The summed E-state index contributed by atoms with van der Waals surface area (Å²) in [7, 11) is 0. The van der Waals surface area contributed by atoms with E-state index in [9.17, 15) is 24.6 Å². The number of carbonyl (C=O) groups is 3. The van der Waals surface area contributed by atoms with E-state index in [0.717, 1.165) is 12.1 Å². The highest BCUT2D eigenvalue weighted by atomic mass is 16.7. The number of hydrogen-bond donors (Lipinski definition) is 3. The molecule has 0 spiro atoms. The molecule has 11 nitrogen and oxygen atoms in total.